The Morgan fingerprint density at radius 3 is 3.18 bits per heavy atom. The minimum Gasteiger partial charge on any atom is -0.477 e. The standard InChI is InChI=1S/C12H17NO3S/c14-12(15)11-9(4-6-17-11)7-13-8-10-3-1-2-5-16-10/h4,6,10,13H,1-3,5,7-8H2,(H,14,15). The van der Waals surface area contributed by atoms with E-state index < -0.39 is 5.97 Å². The van der Waals surface area contributed by atoms with Crippen LogP contribution in [0.2, 0.25) is 0 Å². The number of carboxylic acids is 1. The summed E-state index contributed by atoms with van der Waals surface area (Å²) < 4.78 is 5.60. The Morgan fingerprint density at radius 2 is 2.47 bits per heavy atom. The smallest absolute Gasteiger partial charge is 0.346 e. The van der Waals surface area contributed by atoms with Crippen LogP contribution < -0.4 is 5.32 Å². The average Bonchev–Trinajstić information content (AvgIpc) is 2.79. The molecule has 2 heterocycles. The minimum atomic E-state index is -0.842. The van der Waals surface area contributed by atoms with Crippen molar-refractivity contribution in [2.45, 2.75) is 31.9 Å². The van der Waals surface area contributed by atoms with Gasteiger partial charge in [-0.3, -0.25) is 0 Å². The third kappa shape index (κ3) is 3.52. The summed E-state index contributed by atoms with van der Waals surface area (Å²) in [7, 11) is 0. The summed E-state index contributed by atoms with van der Waals surface area (Å²) in [6.45, 7) is 2.26. The van der Waals surface area contributed by atoms with E-state index in [1.807, 2.05) is 11.4 Å². The van der Waals surface area contributed by atoms with Crippen LogP contribution in [0.3, 0.4) is 0 Å². The van der Waals surface area contributed by atoms with Gasteiger partial charge in [0, 0.05) is 19.7 Å². The number of carbonyl (C=O) groups is 1. The molecule has 0 aliphatic carbocycles. The van der Waals surface area contributed by atoms with E-state index in [1.165, 1.54) is 17.8 Å². The van der Waals surface area contributed by atoms with Crippen molar-refractivity contribution in [2.75, 3.05) is 13.2 Å². The fraction of sp³-hybridized carbons (Fsp3) is 0.583. The number of ether oxygens (including phenoxy) is 1. The summed E-state index contributed by atoms with van der Waals surface area (Å²) in [6, 6.07) is 1.86. The van der Waals surface area contributed by atoms with E-state index in [0.29, 0.717) is 11.4 Å². The SMILES string of the molecule is O=C(O)c1sccc1CNCC1CCCCO1. The van der Waals surface area contributed by atoms with Crippen molar-refractivity contribution in [3.05, 3.63) is 21.9 Å². The number of thiophene rings is 1. The Bertz CT molecular complexity index is 372. The van der Waals surface area contributed by atoms with E-state index in [1.54, 1.807) is 0 Å². The highest BCUT2D eigenvalue weighted by Crippen LogP contribution is 2.17. The molecule has 0 aromatic carbocycles. The minimum absolute atomic E-state index is 0.288. The Kier molecular flexibility index (Phi) is 4.53. The van der Waals surface area contributed by atoms with Crippen LogP contribution in [0, 0.1) is 0 Å². The highest BCUT2D eigenvalue weighted by Gasteiger charge is 2.14. The van der Waals surface area contributed by atoms with Crippen LogP contribution in [0.25, 0.3) is 0 Å². The van der Waals surface area contributed by atoms with Gasteiger partial charge in [-0.1, -0.05) is 0 Å². The molecule has 1 aromatic heterocycles. The second-order valence-corrected chi connectivity index (χ2v) is 5.12. The number of rotatable bonds is 5. The van der Waals surface area contributed by atoms with Crippen molar-refractivity contribution in [2.24, 2.45) is 0 Å². The third-order valence-electron chi connectivity index (χ3n) is 2.90. The van der Waals surface area contributed by atoms with Gasteiger partial charge in [0.2, 0.25) is 0 Å². The van der Waals surface area contributed by atoms with E-state index in [-0.39, 0.29) is 6.10 Å². The summed E-state index contributed by atoms with van der Waals surface area (Å²) in [5, 5.41) is 14.0. The molecular formula is C12H17NO3S. The zero-order valence-corrected chi connectivity index (χ0v) is 10.5. The molecule has 2 N–H and O–H groups in total. The molecule has 17 heavy (non-hydrogen) atoms. The quantitative estimate of drug-likeness (QED) is 0.846. The van der Waals surface area contributed by atoms with Gasteiger partial charge < -0.3 is 15.2 Å². The van der Waals surface area contributed by atoms with Gasteiger partial charge >= 0.3 is 5.97 Å². The lowest BCUT2D eigenvalue weighted by atomic mass is 10.1. The van der Waals surface area contributed by atoms with Crippen LogP contribution in [0.1, 0.15) is 34.5 Å². The van der Waals surface area contributed by atoms with E-state index in [2.05, 4.69) is 5.32 Å². The third-order valence-corrected chi connectivity index (χ3v) is 3.85. The highest BCUT2D eigenvalue weighted by molar-refractivity contribution is 7.12. The van der Waals surface area contributed by atoms with Gasteiger partial charge in [0.15, 0.2) is 0 Å². The van der Waals surface area contributed by atoms with Crippen LogP contribution in [-0.2, 0) is 11.3 Å². The lowest BCUT2D eigenvalue weighted by Crippen LogP contribution is -2.31. The first kappa shape index (κ1) is 12.5. The molecule has 1 aliphatic rings. The number of hydrogen-bond acceptors (Lipinski definition) is 4. The van der Waals surface area contributed by atoms with Crippen LogP contribution in [0.15, 0.2) is 11.4 Å². The lowest BCUT2D eigenvalue weighted by molar-refractivity contribution is 0.0168. The predicted octanol–water partition coefficient (Wildman–Crippen LogP) is 2.11. The second kappa shape index (κ2) is 6.14. The normalized spacial score (nSPS) is 20.4. The highest BCUT2D eigenvalue weighted by atomic mass is 32.1. The van der Waals surface area contributed by atoms with Gasteiger partial charge in [-0.2, -0.15) is 0 Å². The maximum atomic E-state index is 10.9. The molecule has 0 saturated carbocycles. The molecule has 2 rings (SSSR count). The van der Waals surface area contributed by atoms with E-state index in [0.717, 1.165) is 31.6 Å². The summed E-state index contributed by atoms with van der Waals surface area (Å²) >= 11 is 1.27. The Morgan fingerprint density at radius 1 is 1.59 bits per heavy atom. The summed E-state index contributed by atoms with van der Waals surface area (Å²) in [5.74, 6) is -0.842. The molecule has 1 aliphatic heterocycles. The van der Waals surface area contributed by atoms with Gasteiger partial charge in [-0.25, -0.2) is 4.79 Å². The zero-order valence-electron chi connectivity index (χ0n) is 9.65. The van der Waals surface area contributed by atoms with Crippen LogP contribution in [-0.4, -0.2) is 30.3 Å². The van der Waals surface area contributed by atoms with Gasteiger partial charge in [0.05, 0.1) is 6.10 Å². The first-order valence-electron chi connectivity index (χ1n) is 5.89. The fourth-order valence-electron chi connectivity index (χ4n) is 2.00. The molecule has 1 unspecified atom stereocenters. The zero-order chi connectivity index (χ0) is 12.1. The van der Waals surface area contributed by atoms with E-state index >= 15 is 0 Å². The van der Waals surface area contributed by atoms with Crippen molar-refractivity contribution in [3.63, 3.8) is 0 Å². The molecule has 0 radical (unpaired) electrons. The average molecular weight is 255 g/mol. The predicted molar refractivity (Wildman–Crippen MR) is 66.6 cm³/mol. The van der Waals surface area contributed by atoms with E-state index in [9.17, 15) is 4.79 Å². The fourth-order valence-corrected chi connectivity index (χ4v) is 2.76. The first-order chi connectivity index (χ1) is 8.27. The second-order valence-electron chi connectivity index (χ2n) is 4.20. The molecule has 1 fully saturated rings. The van der Waals surface area contributed by atoms with Crippen molar-refractivity contribution in [1.29, 1.82) is 0 Å². The molecule has 1 aromatic rings. The Balaban J connectivity index is 1.77. The molecule has 0 amide bonds. The topological polar surface area (TPSA) is 58.6 Å². The summed E-state index contributed by atoms with van der Waals surface area (Å²) in [4.78, 5) is 11.3. The maximum Gasteiger partial charge on any atom is 0.346 e. The molecular weight excluding hydrogens is 238 g/mol. The van der Waals surface area contributed by atoms with Gasteiger partial charge in [-0.05, 0) is 36.3 Å². The number of aromatic carboxylic acids is 1. The molecule has 4 nitrogen and oxygen atoms in total. The molecule has 94 valence electrons. The van der Waals surface area contributed by atoms with Crippen molar-refractivity contribution in [3.8, 4) is 0 Å². The van der Waals surface area contributed by atoms with Crippen molar-refractivity contribution in [1.82, 2.24) is 5.32 Å². The summed E-state index contributed by atoms with van der Waals surface area (Å²) in [5.41, 5.74) is 0.860. The monoisotopic (exact) mass is 255 g/mol. The molecule has 1 saturated heterocycles. The molecule has 0 spiro atoms. The Hall–Kier alpha value is -0.910. The lowest BCUT2D eigenvalue weighted by Gasteiger charge is -2.22. The molecule has 0 bridgehead atoms. The van der Waals surface area contributed by atoms with Crippen LogP contribution in [0.4, 0.5) is 0 Å². The Labute approximate surface area is 105 Å². The number of carboxylic acid groups (broad SMARTS) is 1. The van der Waals surface area contributed by atoms with Gasteiger partial charge in [-0.15, -0.1) is 11.3 Å². The first-order valence-corrected chi connectivity index (χ1v) is 6.77. The van der Waals surface area contributed by atoms with Crippen molar-refractivity contribution >= 4 is 17.3 Å². The largest absolute Gasteiger partial charge is 0.477 e. The van der Waals surface area contributed by atoms with Gasteiger partial charge in [0.25, 0.3) is 0 Å². The van der Waals surface area contributed by atoms with Crippen LogP contribution in [0.5, 0.6) is 0 Å². The molecule has 1 atom stereocenters. The number of nitrogens with one attached hydrogen (secondary N) is 1. The van der Waals surface area contributed by atoms with Gasteiger partial charge in [0.1, 0.15) is 4.88 Å². The maximum absolute atomic E-state index is 10.9. The summed E-state index contributed by atoms with van der Waals surface area (Å²) in [6.07, 6.45) is 3.77. The number of hydrogen-bond donors (Lipinski definition) is 2. The van der Waals surface area contributed by atoms with E-state index in [4.69, 9.17) is 9.84 Å². The molecule has 5 heteroatoms. The van der Waals surface area contributed by atoms with Crippen LogP contribution >= 0.6 is 11.3 Å². The van der Waals surface area contributed by atoms with Crippen molar-refractivity contribution < 1.29 is 14.6 Å².